The van der Waals surface area contributed by atoms with Crippen molar-refractivity contribution < 1.29 is 14.3 Å². The molecule has 0 unspecified atom stereocenters. The molecule has 6 heteroatoms. The molecule has 22 heavy (non-hydrogen) atoms. The van der Waals surface area contributed by atoms with Gasteiger partial charge in [0, 0.05) is 26.2 Å². The molecule has 1 aliphatic heterocycles. The molecule has 0 aliphatic carbocycles. The molecule has 0 atom stereocenters. The number of ether oxygens (including phenoxy) is 1. The van der Waals surface area contributed by atoms with E-state index in [1.54, 1.807) is 9.80 Å². The smallest absolute Gasteiger partial charge is 0.317 e. The predicted molar refractivity (Wildman–Crippen MR) is 84.0 cm³/mol. The summed E-state index contributed by atoms with van der Waals surface area (Å²) >= 11 is 0. The number of carbonyl (C=O) groups is 2. The van der Waals surface area contributed by atoms with E-state index >= 15 is 0 Å². The number of benzene rings is 1. The second-order valence-electron chi connectivity index (χ2n) is 5.41. The van der Waals surface area contributed by atoms with Gasteiger partial charge in [-0.2, -0.15) is 0 Å². The minimum Gasteiger partial charge on any atom is -0.491 e. The average Bonchev–Trinajstić information content (AvgIpc) is 2.55. The van der Waals surface area contributed by atoms with Gasteiger partial charge in [0.25, 0.3) is 0 Å². The molecule has 1 fully saturated rings. The van der Waals surface area contributed by atoms with E-state index in [9.17, 15) is 9.59 Å². The van der Waals surface area contributed by atoms with Crippen molar-refractivity contribution in [1.29, 1.82) is 0 Å². The highest BCUT2D eigenvalue weighted by Gasteiger charge is 2.19. The molecule has 0 spiro atoms. The molecule has 1 saturated heterocycles. The van der Waals surface area contributed by atoms with Crippen molar-refractivity contribution in [2.75, 3.05) is 39.3 Å². The number of amides is 3. The minimum atomic E-state index is -0.102. The van der Waals surface area contributed by atoms with Crippen LogP contribution in [0.1, 0.15) is 11.1 Å². The summed E-state index contributed by atoms with van der Waals surface area (Å²) < 4.78 is 5.70. The van der Waals surface area contributed by atoms with Crippen LogP contribution in [-0.2, 0) is 4.79 Å². The van der Waals surface area contributed by atoms with Gasteiger partial charge >= 0.3 is 6.03 Å². The maximum atomic E-state index is 12.0. The van der Waals surface area contributed by atoms with Crippen LogP contribution in [0.3, 0.4) is 0 Å². The summed E-state index contributed by atoms with van der Waals surface area (Å²) in [4.78, 5) is 26.0. The van der Waals surface area contributed by atoms with Crippen molar-refractivity contribution in [3.8, 4) is 5.75 Å². The lowest BCUT2D eigenvalue weighted by molar-refractivity contribution is -0.119. The van der Waals surface area contributed by atoms with Crippen molar-refractivity contribution in [3.63, 3.8) is 0 Å². The Bertz CT molecular complexity index is 525. The molecule has 1 aromatic rings. The van der Waals surface area contributed by atoms with E-state index in [-0.39, 0.29) is 6.03 Å². The van der Waals surface area contributed by atoms with Gasteiger partial charge in [-0.3, -0.25) is 4.79 Å². The van der Waals surface area contributed by atoms with Crippen LogP contribution in [0.2, 0.25) is 0 Å². The molecule has 1 heterocycles. The maximum Gasteiger partial charge on any atom is 0.317 e. The summed E-state index contributed by atoms with van der Waals surface area (Å²) in [6.45, 7) is 7.29. The number of piperazine rings is 1. The normalized spacial score (nSPS) is 14.6. The second kappa shape index (κ2) is 7.68. The fraction of sp³-hybridized carbons (Fsp3) is 0.500. The SMILES string of the molecule is Cc1cccc(OCCNC(=O)N2CCN(C=O)CC2)c1C. The van der Waals surface area contributed by atoms with Crippen molar-refractivity contribution >= 4 is 12.4 Å². The monoisotopic (exact) mass is 305 g/mol. The third kappa shape index (κ3) is 4.13. The molecule has 1 aliphatic rings. The standard InChI is InChI=1S/C16H23N3O3/c1-13-4-3-5-15(14(13)2)22-11-6-17-16(21)19-9-7-18(12-20)8-10-19/h3-5,12H,6-11H2,1-2H3,(H,17,21). The number of urea groups is 1. The zero-order valence-electron chi connectivity index (χ0n) is 13.2. The fourth-order valence-electron chi connectivity index (χ4n) is 2.34. The summed E-state index contributed by atoms with van der Waals surface area (Å²) in [5.41, 5.74) is 2.31. The molecule has 0 bridgehead atoms. The van der Waals surface area contributed by atoms with Gasteiger partial charge in [0.2, 0.25) is 6.41 Å². The van der Waals surface area contributed by atoms with Crippen LogP contribution in [0.4, 0.5) is 4.79 Å². The Kier molecular flexibility index (Phi) is 5.63. The van der Waals surface area contributed by atoms with Crippen LogP contribution in [0.5, 0.6) is 5.75 Å². The number of nitrogens with zero attached hydrogens (tertiary/aromatic N) is 2. The van der Waals surface area contributed by atoms with Crippen LogP contribution >= 0.6 is 0 Å². The van der Waals surface area contributed by atoms with Gasteiger partial charge in [-0.15, -0.1) is 0 Å². The first-order valence-corrected chi connectivity index (χ1v) is 7.53. The zero-order chi connectivity index (χ0) is 15.9. The third-order valence-corrected chi connectivity index (χ3v) is 3.94. The Morgan fingerprint density at radius 1 is 1.27 bits per heavy atom. The fourth-order valence-corrected chi connectivity index (χ4v) is 2.34. The van der Waals surface area contributed by atoms with Gasteiger partial charge in [-0.1, -0.05) is 12.1 Å². The van der Waals surface area contributed by atoms with E-state index in [0.717, 1.165) is 17.7 Å². The van der Waals surface area contributed by atoms with Crippen LogP contribution in [0.15, 0.2) is 18.2 Å². The quantitative estimate of drug-likeness (QED) is 0.656. The van der Waals surface area contributed by atoms with Crippen molar-refractivity contribution in [1.82, 2.24) is 15.1 Å². The Balaban J connectivity index is 1.69. The van der Waals surface area contributed by atoms with E-state index < -0.39 is 0 Å². The first kappa shape index (κ1) is 16.1. The number of hydrogen-bond acceptors (Lipinski definition) is 3. The largest absolute Gasteiger partial charge is 0.491 e. The van der Waals surface area contributed by atoms with Crippen LogP contribution in [-0.4, -0.2) is 61.6 Å². The molecule has 0 saturated carbocycles. The lowest BCUT2D eigenvalue weighted by atomic mass is 10.1. The highest BCUT2D eigenvalue weighted by atomic mass is 16.5. The van der Waals surface area contributed by atoms with Crippen LogP contribution < -0.4 is 10.1 Å². The minimum absolute atomic E-state index is 0.102. The van der Waals surface area contributed by atoms with Crippen LogP contribution in [0, 0.1) is 13.8 Å². The molecule has 0 radical (unpaired) electrons. The van der Waals surface area contributed by atoms with Crippen molar-refractivity contribution in [3.05, 3.63) is 29.3 Å². The Morgan fingerprint density at radius 3 is 2.68 bits per heavy atom. The molecule has 6 nitrogen and oxygen atoms in total. The Morgan fingerprint density at radius 2 is 2.00 bits per heavy atom. The maximum absolute atomic E-state index is 12.0. The molecule has 1 N–H and O–H groups in total. The molecular formula is C16H23N3O3. The van der Waals surface area contributed by atoms with E-state index in [2.05, 4.69) is 5.32 Å². The lowest BCUT2D eigenvalue weighted by Crippen LogP contribution is -2.51. The molecule has 3 amide bonds. The average molecular weight is 305 g/mol. The van der Waals surface area contributed by atoms with Crippen LogP contribution in [0.25, 0.3) is 0 Å². The summed E-state index contributed by atoms with van der Waals surface area (Å²) in [7, 11) is 0. The number of rotatable bonds is 5. The molecule has 2 rings (SSSR count). The van der Waals surface area contributed by atoms with Gasteiger partial charge in [-0.05, 0) is 31.0 Å². The summed E-state index contributed by atoms with van der Waals surface area (Å²) in [5.74, 6) is 0.855. The topological polar surface area (TPSA) is 61.9 Å². The highest BCUT2D eigenvalue weighted by Crippen LogP contribution is 2.20. The first-order valence-electron chi connectivity index (χ1n) is 7.53. The summed E-state index contributed by atoms with van der Waals surface area (Å²) in [5, 5.41) is 2.84. The zero-order valence-corrected chi connectivity index (χ0v) is 13.2. The highest BCUT2D eigenvalue weighted by molar-refractivity contribution is 5.74. The molecular weight excluding hydrogens is 282 g/mol. The predicted octanol–water partition coefficient (Wildman–Crippen LogP) is 1.17. The number of carbonyl (C=O) groups excluding carboxylic acids is 2. The summed E-state index contributed by atoms with van der Waals surface area (Å²) in [6.07, 6.45) is 0.827. The molecule has 0 aromatic heterocycles. The van der Waals surface area contributed by atoms with E-state index in [1.165, 1.54) is 5.56 Å². The van der Waals surface area contributed by atoms with Crippen molar-refractivity contribution in [2.24, 2.45) is 0 Å². The number of nitrogens with one attached hydrogen (secondary N) is 1. The van der Waals surface area contributed by atoms with E-state index in [4.69, 9.17) is 4.74 Å². The third-order valence-electron chi connectivity index (χ3n) is 3.94. The van der Waals surface area contributed by atoms with Gasteiger partial charge in [0.15, 0.2) is 0 Å². The Labute approximate surface area is 131 Å². The van der Waals surface area contributed by atoms with E-state index in [0.29, 0.717) is 39.3 Å². The van der Waals surface area contributed by atoms with Gasteiger partial charge in [-0.25, -0.2) is 4.79 Å². The van der Waals surface area contributed by atoms with Crippen molar-refractivity contribution in [2.45, 2.75) is 13.8 Å². The molecule has 1 aromatic carbocycles. The lowest BCUT2D eigenvalue weighted by Gasteiger charge is -2.32. The first-order chi connectivity index (χ1) is 10.6. The summed E-state index contributed by atoms with van der Waals surface area (Å²) in [6, 6.07) is 5.84. The Hall–Kier alpha value is -2.24. The second-order valence-corrected chi connectivity index (χ2v) is 5.41. The molecule has 120 valence electrons. The van der Waals surface area contributed by atoms with Gasteiger partial charge < -0.3 is 19.9 Å². The number of aryl methyl sites for hydroxylation is 1. The van der Waals surface area contributed by atoms with Gasteiger partial charge in [0.1, 0.15) is 12.4 Å². The number of hydrogen-bond donors (Lipinski definition) is 1. The van der Waals surface area contributed by atoms with Gasteiger partial charge in [0.05, 0.1) is 6.54 Å². The van der Waals surface area contributed by atoms with E-state index in [1.807, 2.05) is 32.0 Å².